The molecule has 0 radical (unpaired) electrons. The highest BCUT2D eigenvalue weighted by atomic mass is 16.6. The molecule has 1 atom stereocenters. The van der Waals surface area contributed by atoms with Gasteiger partial charge in [0, 0.05) is 13.1 Å². The maximum Gasteiger partial charge on any atom is 0.140 e. The summed E-state index contributed by atoms with van der Waals surface area (Å²) in [4.78, 5) is 15.0. The lowest BCUT2D eigenvalue weighted by atomic mass is 10.3. The highest BCUT2D eigenvalue weighted by Gasteiger charge is 2.08. The summed E-state index contributed by atoms with van der Waals surface area (Å²) in [5.41, 5.74) is 2.60. The highest BCUT2D eigenvalue weighted by molar-refractivity contribution is 5.57. The zero-order chi connectivity index (χ0) is 6.53. The Balaban J connectivity index is 2.26. The first kappa shape index (κ1) is 6.67. The molecule has 1 saturated heterocycles. The Hall–Kier alpha value is -0.450. The van der Waals surface area contributed by atoms with Gasteiger partial charge in [-0.3, -0.25) is 4.84 Å². The average molecular weight is 130 g/mol. The molecule has 0 amide bonds. The summed E-state index contributed by atoms with van der Waals surface area (Å²) >= 11 is 0. The molecule has 9 heavy (non-hydrogen) atoms. The topological polar surface area (TPSA) is 50.4 Å². The van der Waals surface area contributed by atoms with Crippen LogP contribution >= 0.6 is 0 Å². The van der Waals surface area contributed by atoms with Crippen molar-refractivity contribution in [3.05, 3.63) is 0 Å². The van der Waals surface area contributed by atoms with Gasteiger partial charge in [0.25, 0.3) is 0 Å². The fraction of sp³-hybridized carbons (Fsp3) is 0.800. The van der Waals surface area contributed by atoms with E-state index in [0.717, 1.165) is 12.8 Å². The minimum atomic E-state index is -0.188. The lowest BCUT2D eigenvalue weighted by Crippen LogP contribution is -2.35. The Labute approximate surface area is 53.5 Å². The van der Waals surface area contributed by atoms with Gasteiger partial charge in [0.1, 0.15) is 6.29 Å². The third-order valence-corrected chi connectivity index (χ3v) is 1.14. The number of carbonyl (C=O) groups excluding carboxylic acids is 1. The third kappa shape index (κ3) is 2.09. The van der Waals surface area contributed by atoms with E-state index in [-0.39, 0.29) is 6.04 Å². The summed E-state index contributed by atoms with van der Waals surface area (Å²) in [5, 5.41) is 3.03. The Kier molecular flexibility index (Phi) is 2.63. The maximum absolute atomic E-state index is 10.1. The summed E-state index contributed by atoms with van der Waals surface area (Å²) in [6.07, 6.45) is 0.832. The predicted octanol–water partition coefficient (Wildman–Crippen LogP) is -1.32. The van der Waals surface area contributed by atoms with Crippen LogP contribution in [0.15, 0.2) is 0 Å². The fourth-order valence-electron chi connectivity index (χ4n) is 0.664. The van der Waals surface area contributed by atoms with Gasteiger partial charge in [0.2, 0.25) is 0 Å². The van der Waals surface area contributed by atoms with Crippen molar-refractivity contribution in [2.24, 2.45) is 0 Å². The second-order valence-electron chi connectivity index (χ2n) is 1.91. The van der Waals surface area contributed by atoms with Gasteiger partial charge in [-0.05, 0) is 0 Å². The van der Waals surface area contributed by atoms with Crippen molar-refractivity contribution in [1.82, 2.24) is 10.8 Å². The van der Waals surface area contributed by atoms with Crippen LogP contribution in [0.4, 0.5) is 0 Å². The molecular weight excluding hydrogens is 120 g/mol. The van der Waals surface area contributed by atoms with E-state index in [4.69, 9.17) is 4.84 Å². The molecule has 1 heterocycles. The number of hydrogen-bond donors (Lipinski definition) is 2. The number of aldehydes is 1. The molecule has 1 rings (SSSR count). The zero-order valence-electron chi connectivity index (χ0n) is 5.09. The fourth-order valence-corrected chi connectivity index (χ4v) is 0.664. The standard InChI is InChI=1S/C5H10N2O2/c8-4-5-3-6-1-2-9-7-5/h4-7H,1-3H2. The van der Waals surface area contributed by atoms with Crippen molar-refractivity contribution >= 4 is 6.29 Å². The molecule has 1 aliphatic heterocycles. The van der Waals surface area contributed by atoms with E-state index in [1.54, 1.807) is 0 Å². The second kappa shape index (κ2) is 3.55. The summed E-state index contributed by atoms with van der Waals surface area (Å²) in [6.45, 7) is 2.07. The Morgan fingerprint density at radius 1 is 1.67 bits per heavy atom. The Bertz CT molecular complexity index is 89.0. The monoisotopic (exact) mass is 130 g/mol. The Morgan fingerprint density at radius 3 is 3.33 bits per heavy atom. The minimum Gasteiger partial charge on any atom is -0.312 e. The van der Waals surface area contributed by atoms with Crippen LogP contribution < -0.4 is 10.8 Å². The number of hydroxylamine groups is 1. The summed E-state index contributed by atoms with van der Waals surface area (Å²) in [6, 6.07) is -0.188. The van der Waals surface area contributed by atoms with Crippen LogP contribution in [-0.4, -0.2) is 32.0 Å². The molecule has 4 nitrogen and oxygen atoms in total. The molecular formula is C5H10N2O2. The van der Waals surface area contributed by atoms with Crippen LogP contribution in [0.3, 0.4) is 0 Å². The van der Waals surface area contributed by atoms with E-state index in [0.29, 0.717) is 13.2 Å². The van der Waals surface area contributed by atoms with Gasteiger partial charge < -0.3 is 10.1 Å². The predicted molar refractivity (Wildman–Crippen MR) is 31.8 cm³/mol. The quantitative estimate of drug-likeness (QED) is 0.432. The number of hydrogen-bond acceptors (Lipinski definition) is 4. The average Bonchev–Trinajstić information content (AvgIpc) is 2.13. The molecule has 1 fully saturated rings. The second-order valence-corrected chi connectivity index (χ2v) is 1.91. The van der Waals surface area contributed by atoms with Gasteiger partial charge in [0.05, 0.1) is 12.6 Å². The molecule has 1 aliphatic rings. The molecule has 1 unspecified atom stereocenters. The van der Waals surface area contributed by atoms with Gasteiger partial charge in [-0.2, -0.15) is 5.48 Å². The van der Waals surface area contributed by atoms with Crippen LogP contribution in [0, 0.1) is 0 Å². The molecule has 52 valence electrons. The van der Waals surface area contributed by atoms with Crippen LogP contribution in [0.1, 0.15) is 0 Å². The largest absolute Gasteiger partial charge is 0.312 e. The van der Waals surface area contributed by atoms with E-state index in [1.807, 2.05) is 0 Å². The SMILES string of the molecule is O=CC1CNCCON1. The molecule has 4 heteroatoms. The number of nitrogens with one attached hydrogen (secondary N) is 2. The third-order valence-electron chi connectivity index (χ3n) is 1.14. The van der Waals surface area contributed by atoms with Crippen molar-refractivity contribution in [3.8, 4) is 0 Å². The van der Waals surface area contributed by atoms with Crippen molar-refractivity contribution < 1.29 is 9.63 Å². The molecule has 0 bridgehead atoms. The molecule has 0 aromatic carbocycles. The first-order valence-electron chi connectivity index (χ1n) is 2.97. The lowest BCUT2D eigenvalue weighted by Gasteiger charge is -2.04. The van der Waals surface area contributed by atoms with E-state index >= 15 is 0 Å². The maximum atomic E-state index is 10.1. The normalized spacial score (nSPS) is 29.1. The minimum absolute atomic E-state index is 0.188. The molecule has 0 spiro atoms. The number of rotatable bonds is 1. The molecule has 0 saturated carbocycles. The lowest BCUT2D eigenvalue weighted by molar-refractivity contribution is -0.112. The van der Waals surface area contributed by atoms with Crippen LogP contribution in [-0.2, 0) is 9.63 Å². The van der Waals surface area contributed by atoms with Gasteiger partial charge in [-0.25, -0.2) is 0 Å². The molecule has 0 aromatic heterocycles. The highest BCUT2D eigenvalue weighted by Crippen LogP contribution is 1.81. The van der Waals surface area contributed by atoms with Crippen LogP contribution in [0.5, 0.6) is 0 Å². The van der Waals surface area contributed by atoms with E-state index in [1.165, 1.54) is 0 Å². The summed E-state index contributed by atoms with van der Waals surface area (Å²) in [5.74, 6) is 0. The van der Waals surface area contributed by atoms with E-state index in [9.17, 15) is 4.79 Å². The van der Waals surface area contributed by atoms with Gasteiger partial charge in [0.15, 0.2) is 0 Å². The van der Waals surface area contributed by atoms with Crippen LogP contribution in [0.25, 0.3) is 0 Å². The van der Waals surface area contributed by atoms with Crippen LogP contribution in [0.2, 0.25) is 0 Å². The molecule has 0 aliphatic carbocycles. The molecule has 2 N–H and O–H groups in total. The van der Waals surface area contributed by atoms with Crippen molar-refractivity contribution in [3.63, 3.8) is 0 Å². The first-order chi connectivity index (χ1) is 4.43. The van der Waals surface area contributed by atoms with Crippen molar-refractivity contribution in [2.75, 3.05) is 19.7 Å². The molecule has 0 aromatic rings. The summed E-state index contributed by atoms with van der Waals surface area (Å²) in [7, 11) is 0. The van der Waals surface area contributed by atoms with Gasteiger partial charge >= 0.3 is 0 Å². The van der Waals surface area contributed by atoms with Gasteiger partial charge in [-0.1, -0.05) is 0 Å². The van der Waals surface area contributed by atoms with Crippen molar-refractivity contribution in [1.29, 1.82) is 0 Å². The van der Waals surface area contributed by atoms with E-state index in [2.05, 4.69) is 10.8 Å². The summed E-state index contributed by atoms with van der Waals surface area (Å²) < 4.78 is 0. The van der Waals surface area contributed by atoms with Crippen molar-refractivity contribution in [2.45, 2.75) is 6.04 Å². The Morgan fingerprint density at radius 2 is 2.56 bits per heavy atom. The smallest absolute Gasteiger partial charge is 0.140 e. The first-order valence-corrected chi connectivity index (χ1v) is 2.97. The van der Waals surface area contributed by atoms with E-state index < -0.39 is 0 Å². The number of carbonyl (C=O) groups is 1. The van der Waals surface area contributed by atoms with Gasteiger partial charge in [-0.15, -0.1) is 0 Å². The zero-order valence-corrected chi connectivity index (χ0v) is 5.09.